The third kappa shape index (κ3) is 3.74. The van der Waals surface area contributed by atoms with Crippen LogP contribution in [0, 0.1) is 6.92 Å². The Morgan fingerprint density at radius 2 is 1.47 bits per heavy atom. The fourth-order valence-corrected chi connectivity index (χ4v) is 4.44. The van der Waals surface area contributed by atoms with E-state index < -0.39 is 0 Å². The molecule has 0 saturated heterocycles. The topological polar surface area (TPSA) is 30.7 Å². The average molecular weight is 408 g/mol. The lowest BCUT2D eigenvalue weighted by molar-refractivity contribution is 0.885. The molecule has 5 aromatic rings. The molecule has 0 amide bonds. The molecule has 1 aromatic heterocycles. The first-order valence-electron chi connectivity index (χ1n) is 9.96. The lowest BCUT2D eigenvalue weighted by Gasteiger charge is -2.11. The van der Waals surface area contributed by atoms with Gasteiger partial charge in [-0.1, -0.05) is 102 Å². The second-order valence-corrected chi connectivity index (χ2v) is 8.26. The minimum Gasteiger partial charge on any atom is -0.270 e. The Morgan fingerprint density at radius 3 is 2.27 bits per heavy atom. The second-order valence-electron chi connectivity index (χ2n) is 7.31. The van der Waals surface area contributed by atoms with Gasteiger partial charge in [-0.25, -0.2) is 0 Å². The van der Waals surface area contributed by atoms with Crippen LogP contribution in [0.5, 0.6) is 0 Å². The van der Waals surface area contributed by atoms with Crippen molar-refractivity contribution >= 4 is 22.5 Å². The molecule has 4 heteroatoms. The van der Waals surface area contributed by atoms with Gasteiger partial charge in [-0.3, -0.25) is 4.57 Å². The van der Waals surface area contributed by atoms with Gasteiger partial charge >= 0.3 is 0 Å². The van der Waals surface area contributed by atoms with E-state index in [4.69, 9.17) is 0 Å². The molecule has 0 radical (unpaired) electrons. The van der Waals surface area contributed by atoms with Crippen molar-refractivity contribution in [2.45, 2.75) is 17.8 Å². The minimum absolute atomic E-state index is 0.837. The fourth-order valence-electron chi connectivity index (χ4n) is 3.54. The molecule has 0 N–H and O–H groups in total. The quantitative estimate of drug-likeness (QED) is 0.304. The summed E-state index contributed by atoms with van der Waals surface area (Å²) >= 11 is 1.71. The SMILES string of the molecule is Cc1ccc(-n2c(SCc3ccc4ccccc4c3)nnc2-c2ccccc2)cc1. The molecular formula is C26H21N3S. The van der Waals surface area contributed by atoms with Crippen LogP contribution in [0.3, 0.4) is 0 Å². The number of hydrogen-bond donors (Lipinski definition) is 0. The maximum atomic E-state index is 4.54. The van der Waals surface area contributed by atoms with Crippen molar-refractivity contribution in [3.63, 3.8) is 0 Å². The van der Waals surface area contributed by atoms with Crippen molar-refractivity contribution in [1.29, 1.82) is 0 Å². The van der Waals surface area contributed by atoms with Gasteiger partial charge in [0.2, 0.25) is 0 Å². The molecular weight excluding hydrogens is 386 g/mol. The normalized spacial score (nSPS) is 11.1. The van der Waals surface area contributed by atoms with Gasteiger partial charge < -0.3 is 0 Å². The summed E-state index contributed by atoms with van der Waals surface area (Å²) in [6, 6.07) is 33.9. The summed E-state index contributed by atoms with van der Waals surface area (Å²) in [5.74, 6) is 1.70. The molecule has 3 nitrogen and oxygen atoms in total. The third-order valence-electron chi connectivity index (χ3n) is 5.14. The first-order chi connectivity index (χ1) is 14.8. The molecule has 0 aliphatic rings. The highest BCUT2D eigenvalue weighted by atomic mass is 32.2. The van der Waals surface area contributed by atoms with Gasteiger partial charge in [0.25, 0.3) is 0 Å². The number of thioether (sulfide) groups is 1. The van der Waals surface area contributed by atoms with Crippen molar-refractivity contribution in [2.24, 2.45) is 0 Å². The van der Waals surface area contributed by atoms with Gasteiger partial charge in [0.15, 0.2) is 11.0 Å². The van der Waals surface area contributed by atoms with Crippen molar-refractivity contribution in [1.82, 2.24) is 14.8 Å². The van der Waals surface area contributed by atoms with E-state index in [1.54, 1.807) is 11.8 Å². The average Bonchev–Trinajstić information content (AvgIpc) is 3.22. The smallest absolute Gasteiger partial charge is 0.196 e. The highest BCUT2D eigenvalue weighted by Gasteiger charge is 2.16. The molecule has 0 spiro atoms. The summed E-state index contributed by atoms with van der Waals surface area (Å²) in [6.45, 7) is 2.10. The van der Waals surface area contributed by atoms with E-state index >= 15 is 0 Å². The van der Waals surface area contributed by atoms with Crippen LogP contribution in [-0.4, -0.2) is 14.8 Å². The van der Waals surface area contributed by atoms with E-state index in [9.17, 15) is 0 Å². The van der Waals surface area contributed by atoms with Gasteiger partial charge in [0.05, 0.1) is 0 Å². The van der Waals surface area contributed by atoms with Crippen LogP contribution in [0.4, 0.5) is 0 Å². The number of nitrogens with zero attached hydrogens (tertiary/aromatic N) is 3. The molecule has 0 aliphatic carbocycles. The van der Waals surface area contributed by atoms with Gasteiger partial charge in [0.1, 0.15) is 0 Å². The number of aromatic nitrogens is 3. The summed E-state index contributed by atoms with van der Waals surface area (Å²) in [7, 11) is 0. The van der Waals surface area contributed by atoms with Gasteiger partial charge in [-0.2, -0.15) is 0 Å². The summed E-state index contributed by atoms with van der Waals surface area (Å²) < 4.78 is 2.15. The van der Waals surface area contributed by atoms with Gasteiger partial charge in [-0.15, -0.1) is 10.2 Å². The van der Waals surface area contributed by atoms with Crippen molar-refractivity contribution in [3.8, 4) is 17.1 Å². The molecule has 0 aliphatic heterocycles. The van der Waals surface area contributed by atoms with Crippen LogP contribution in [0.2, 0.25) is 0 Å². The summed E-state index contributed by atoms with van der Waals surface area (Å²) in [4.78, 5) is 0. The zero-order valence-corrected chi connectivity index (χ0v) is 17.5. The van der Waals surface area contributed by atoms with E-state index in [1.807, 2.05) is 18.2 Å². The number of aryl methyl sites for hydroxylation is 1. The van der Waals surface area contributed by atoms with Crippen LogP contribution in [0.15, 0.2) is 102 Å². The lowest BCUT2D eigenvalue weighted by Crippen LogP contribution is -2.00. The summed E-state index contributed by atoms with van der Waals surface area (Å²) in [6.07, 6.45) is 0. The number of benzene rings is 4. The molecule has 0 atom stereocenters. The number of fused-ring (bicyclic) bond motifs is 1. The molecule has 146 valence electrons. The van der Waals surface area contributed by atoms with E-state index in [2.05, 4.69) is 101 Å². The van der Waals surface area contributed by atoms with Crippen LogP contribution >= 0.6 is 11.8 Å². The molecule has 0 fully saturated rings. The van der Waals surface area contributed by atoms with E-state index in [0.29, 0.717) is 0 Å². The fraction of sp³-hybridized carbons (Fsp3) is 0.0769. The molecule has 0 bridgehead atoms. The lowest BCUT2D eigenvalue weighted by atomic mass is 10.1. The van der Waals surface area contributed by atoms with E-state index in [0.717, 1.165) is 28.0 Å². The molecule has 5 rings (SSSR count). The summed E-state index contributed by atoms with van der Waals surface area (Å²) in [5, 5.41) is 12.5. The monoisotopic (exact) mass is 407 g/mol. The second kappa shape index (κ2) is 8.17. The van der Waals surface area contributed by atoms with Crippen molar-refractivity contribution in [2.75, 3.05) is 0 Å². The standard InChI is InChI=1S/C26H21N3S/c1-19-11-15-24(16-12-19)29-25(22-8-3-2-4-9-22)27-28-26(29)30-18-20-13-14-21-7-5-6-10-23(21)17-20/h2-17H,18H2,1H3. The highest BCUT2D eigenvalue weighted by Crippen LogP contribution is 2.30. The Kier molecular flexibility index (Phi) is 5.08. The Hall–Kier alpha value is -3.37. The van der Waals surface area contributed by atoms with E-state index in [-0.39, 0.29) is 0 Å². The Bertz CT molecular complexity index is 1290. The first-order valence-corrected chi connectivity index (χ1v) is 10.9. The minimum atomic E-state index is 0.837. The maximum absolute atomic E-state index is 4.54. The van der Waals surface area contributed by atoms with Crippen LogP contribution < -0.4 is 0 Å². The zero-order valence-electron chi connectivity index (χ0n) is 16.7. The molecule has 1 heterocycles. The van der Waals surface area contributed by atoms with Crippen molar-refractivity contribution in [3.05, 3.63) is 108 Å². The first kappa shape index (κ1) is 18.6. The third-order valence-corrected chi connectivity index (χ3v) is 6.14. The largest absolute Gasteiger partial charge is 0.270 e. The predicted octanol–water partition coefficient (Wildman–Crippen LogP) is 6.69. The molecule has 4 aromatic carbocycles. The van der Waals surface area contributed by atoms with Crippen LogP contribution in [-0.2, 0) is 5.75 Å². The van der Waals surface area contributed by atoms with Crippen LogP contribution in [0.25, 0.3) is 27.8 Å². The Labute approximate surface area is 180 Å². The zero-order chi connectivity index (χ0) is 20.3. The Balaban J connectivity index is 1.51. The molecule has 0 saturated carbocycles. The predicted molar refractivity (Wildman–Crippen MR) is 125 cm³/mol. The maximum Gasteiger partial charge on any atom is 0.196 e. The van der Waals surface area contributed by atoms with Gasteiger partial charge in [0, 0.05) is 17.0 Å². The van der Waals surface area contributed by atoms with Crippen LogP contribution in [0.1, 0.15) is 11.1 Å². The van der Waals surface area contributed by atoms with E-state index in [1.165, 1.54) is 21.9 Å². The van der Waals surface area contributed by atoms with Gasteiger partial charge in [-0.05, 0) is 35.4 Å². The molecule has 0 unspecified atom stereocenters. The molecule has 30 heavy (non-hydrogen) atoms. The number of hydrogen-bond acceptors (Lipinski definition) is 3. The number of rotatable bonds is 5. The van der Waals surface area contributed by atoms with Crippen molar-refractivity contribution < 1.29 is 0 Å². The summed E-state index contributed by atoms with van der Waals surface area (Å²) in [5.41, 5.74) is 4.64. The Morgan fingerprint density at radius 1 is 0.733 bits per heavy atom. The highest BCUT2D eigenvalue weighted by molar-refractivity contribution is 7.98.